The van der Waals surface area contributed by atoms with Crippen LogP contribution < -0.4 is 24.4 Å². The summed E-state index contributed by atoms with van der Waals surface area (Å²) in [6.45, 7) is 4.21. The minimum absolute atomic E-state index is 0.184. The normalized spacial score (nSPS) is 12.4. The van der Waals surface area contributed by atoms with E-state index in [0.29, 0.717) is 0 Å². The summed E-state index contributed by atoms with van der Waals surface area (Å²) in [6, 6.07) is 72.2. The fraction of sp³-hybridized carbons (Fsp3) is 0.0357. The topological polar surface area (TPSA) is 42.3 Å². The van der Waals surface area contributed by atoms with Gasteiger partial charge in [0, 0.05) is 40.1 Å². The zero-order chi connectivity index (χ0) is 42.7. The number of anilines is 4. The Morgan fingerprint density at radius 2 is 1.12 bits per heavy atom. The second kappa shape index (κ2) is 15.2. The number of imidazole rings is 1. The highest BCUT2D eigenvalue weighted by Crippen LogP contribution is 2.46. The van der Waals surface area contributed by atoms with E-state index in [9.17, 15) is 0 Å². The zero-order valence-electron chi connectivity index (χ0n) is 35.4. The van der Waals surface area contributed by atoms with E-state index in [0.717, 1.165) is 73.5 Å². The zero-order valence-corrected chi connectivity index (χ0v) is 35.4. The van der Waals surface area contributed by atoms with Crippen LogP contribution in [0.5, 0.6) is 11.5 Å². The number of rotatable bonds is 8. The van der Waals surface area contributed by atoms with E-state index in [1.165, 1.54) is 27.4 Å². The van der Waals surface area contributed by atoms with E-state index >= 15 is 0 Å². The molecule has 8 aromatic carbocycles. The molecule has 1 aliphatic heterocycles. The van der Waals surface area contributed by atoms with Crippen molar-refractivity contribution >= 4 is 68.2 Å². The number of hydrogen-bond donors (Lipinski definition) is 0. The Balaban J connectivity index is 0.945. The summed E-state index contributed by atoms with van der Waals surface area (Å²) >= 11 is 0. The Kier molecular flexibility index (Phi) is 8.90. The molecular formula is C56H41BN6O. The molecule has 7 nitrogen and oxygen atoms in total. The lowest BCUT2D eigenvalue weighted by molar-refractivity contribution is -0.571. The van der Waals surface area contributed by atoms with Crippen LogP contribution in [0.25, 0.3) is 49.9 Å². The molecule has 8 heteroatoms. The van der Waals surface area contributed by atoms with Gasteiger partial charge in [0.2, 0.25) is 0 Å². The maximum Gasteiger partial charge on any atom is 0.422 e. The first kappa shape index (κ1) is 37.4. The average molecular weight is 825 g/mol. The summed E-state index contributed by atoms with van der Waals surface area (Å²) < 4.78 is 13.5. The van der Waals surface area contributed by atoms with Gasteiger partial charge in [-0.2, -0.15) is 0 Å². The predicted octanol–water partition coefficient (Wildman–Crippen LogP) is 12.3. The maximum absolute atomic E-state index is 6.79. The highest BCUT2D eigenvalue weighted by Gasteiger charge is 2.45. The quantitative estimate of drug-likeness (QED) is 0.0870. The van der Waals surface area contributed by atoms with Gasteiger partial charge in [0.15, 0.2) is 0 Å². The smallest absolute Gasteiger partial charge is 0.422 e. The van der Waals surface area contributed by atoms with E-state index in [-0.39, 0.29) is 6.98 Å². The summed E-state index contributed by atoms with van der Waals surface area (Å²) in [5, 5.41) is 2.40. The first-order valence-electron chi connectivity index (χ1n) is 21.7. The first-order valence-corrected chi connectivity index (χ1v) is 21.7. The summed E-state index contributed by atoms with van der Waals surface area (Å²) in [7, 11) is 0. The van der Waals surface area contributed by atoms with Gasteiger partial charge in [-0.25, -0.2) is 4.98 Å². The molecule has 12 rings (SSSR count). The molecular weight excluding hydrogens is 783 g/mol. The van der Waals surface area contributed by atoms with Crippen molar-refractivity contribution in [2.24, 2.45) is 0 Å². The molecule has 0 radical (unpaired) electrons. The van der Waals surface area contributed by atoms with E-state index in [4.69, 9.17) is 9.72 Å². The fourth-order valence-electron chi connectivity index (χ4n) is 9.73. The van der Waals surface area contributed by atoms with Crippen LogP contribution in [-0.4, -0.2) is 21.1 Å². The lowest BCUT2D eigenvalue weighted by atomic mass is 9.61. The molecule has 0 saturated carbocycles. The van der Waals surface area contributed by atoms with Crippen molar-refractivity contribution in [3.63, 3.8) is 0 Å². The first-order chi connectivity index (χ1) is 31.6. The van der Waals surface area contributed by atoms with Crippen molar-refractivity contribution in [2.45, 2.75) is 13.8 Å². The molecule has 11 aromatic rings. The third kappa shape index (κ3) is 6.06. The van der Waals surface area contributed by atoms with Crippen LogP contribution >= 0.6 is 0 Å². The number of hydrogen-bond acceptors (Lipinski definition) is 4. The van der Waals surface area contributed by atoms with E-state index in [1.807, 2.05) is 30.5 Å². The third-order valence-electron chi connectivity index (χ3n) is 12.5. The molecule has 0 atom stereocenters. The molecule has 64 heavy (non-hydrogen) atoms. The fourth-order valence-corrected chi connectivity index (χ4v) is 9.73. The van der Waals surface area contributed by atoms with E-state index in [2.05, 4.69) is 225 Å². The molecule has 0 fully saturated rings. The van der Waals surface area contributed by atoms with Gasteiger partial charge in [0.05, 0.1) is 39.1 Å². The van der Waals surface area contributed by atoms with Crippen molar-refractivity contribution in [3.8, 4) is 28.6 Å². The molecule has 0 unspecified atom stereocenters. The van der Waals surface area contributed by atoms with Crippen LogP contribution in [0.2, 0.25) is 0 Å². The summed E-state index contributed by atoms with van der Waals surface area (Å²) in [4.78, 5) is 9.77. The third-order valence-corrected chi connectivity index (χ3v) is 12.5. The largest absolute Gasteiger partial charge is 0.458 e. The van der Waals surface area contributed by atoms with Crippen LogP contribution in [0.3, 0.4) is 0 Å². The number of pyridine rings is 1. The molecule has 0 amide bonds. The number of benzene rings is 8. The van der Waals surface area contributed by atoms with Gasteiger partial charge in [-0.15, -0.1) is 0 Å². The Hall–Kier alpha value is -8.36. The molecule has 304 valence electrons. The van der Waals surface area contributed by atoms with Crippen molar-refractivity contribution < 1.29 is 9.30 Å². The highest BCUT2D eigenvalue weighted by molar-refractivity contribution is 6.85. The number of nitrogens with zero attached hydrogens (tertiary/aromatic N) is 6. The molecule has 0 N–H and O–H groups in total. The summed E-state index contributed by atoms with van der Waals surface area (Å²) in [5.74, 6) is 2.33. The number of fused-ring (bicyclic) bond motifs is 5. The van der Waals surface area contributed by atoms with Gasteiger partial charge in [-0.05, 0) is 98.2 Å². The Labute approximate surface area is 372 Å². The van der Waals surface area contributed by atoms with E-state index < -0.39 is 0 Å². The van der Waals surface area contributed by atoms with Crippen LogP contribution in [0, 0.1) is 20.2 Å². The molecule has 0 saturated heterocycles. The van der Waals surface area contributed by atoms with Gasteiger partial charge in [-0.3, -0.25) is 9.13 Å². The second-order valence-electron chi connectivity index (χ2n) is 16.3. The standard InChI is InChI=1S/C56H41BN6O/c1-39-18-13-19-40(2)54(39)57-62(42-22-7-4-8-23-42)53-34-17-35-58-56(53)63(57)44-25-15-27-46(37-44)64-45-26-14-24-43(36-45)59-38-60(51-32-12-11-31-50(51)59)52-33-16-29-48-47-28-9-10-30-49(47)61(55(48)52)41-20-5-3-6-21-41/h3-37H,1-2H3. The molecule has 0 bridgehead atoms. The lowest BCUT2D eigenvalue weighted by Crippen LogP contribution is -2.55. The highest BCUT2D eigenvalue weighted by atomic mass is 16.5. The van der Waals surface area contributed by atoms with Gasteiger partial charge >= 0.3 is 6.98 Å². The molecule has 0 aliphatic carbocycles. The van der Waals surface area contributed by atoms with Crippen molar-refractivity contribution in [1.82, 2.24) is 14.1 Å². The summed E-state index contributed by atoms with van der Waals surface area (Å²) in [6.07, 6.45) is 5.66. The van der Waals surface area contributed by atoms with Gasteiger partial charge < -0.3 is 18.9 Å². The van der Waals surface area contributed by atoms with Crippen molar-refractivity contribution in [3.05, 3.63) is 230 Å². The number of aryl methyl sites for hydroxylation is 2. The van der Waals surface area contributed by atoms with Crippen LogP contribution in [-0.2, 0) is 0 Å². The Bertz CT molecular complexity index is 3530. The second-order valence-corrected chi connectivity index (χ2v) is 16.3. The maximum atomic E-state index is 6.79. The Morgan fingerprint density at radius 3 is 1.91 bits per heavy atom. The van der Waals surface area contributed by atoms with Gasteiger partial charge in [0.25, 0.3) is 6.33 Å². The molecule has 3 aromatic heterocycles. The van der Waals surface area contributed by atoms with Gasteiger partial charge in [-0.1, -0.05) is 132 Å². The monoisotopic (exact) mass is 824 g/mol. The Morgan fingerprint density at radius 1 is 0.516 bits per heavy atom. The van der Waals surface area contributed by atoms with Crippen molar-refractivity contribution in [2.75, 3.05) is 9.62 Å². The predicted molar refractivity (Wildman–Crippen MR) is 261 cm³/mol. The van der Waals surface area contributed by atoms with Crippen LogP contribution in [0.4, 0.5) is 22.9 Å². The molecule has 4 heterocycles. The minimum atomic E-state index is -0.184. The SMILES string of the molecule is Cc1cccc(C)c1B1N(c2ccccc2)c2cccnc2N1c1cccc(Oc2cccc(-n3[c-][n+](-c4cccc5c6ccccc6n(-c6ccccc6)c45)c4ccccc43)c2)c1. The van der Waals surface area contributed by atoms with Gasteiger partial charge in [0.1, 0.15) is 17.3 Å². The number of ether oxygens (including phenoxy) is 1. The molecule has 0 spiro atoms. The van der Waals surface area contributed by atoms with Crippen molar-refractivity contribution in [1.29, 1.82) is 0 Å². The minimum Gasteiger partial charge on any atom is -0.458 e. The molecule has 1 aliphatic rings. The summed E-state index contributed by atoms with van der Waals surface area (Å²) in [5.41, 5.74) is 14.3. The lowest BCUT2D eigenvalue weighted by Gasteiger charge is -2.31. The number of aromatic nitrogens is 4. The van der Waals surface area contributed by atoms with Crippen LogP contribution in [0.15, 0.2) is 212 Å². The van der Waals surface area contributed by atoms with Crippen LogP contribution in [0.1, 0.15) is 11.1 Å². The average Bonchev–Trinajstić information content (AvgIpc) is 4.01. The van der Waals surface area contributed by atoms with E-state index in [1.54, 1.807) is 0 Å². The number of para-hydroxylation sites is 6.